The Hall–Kier alpha value is -3.18. The smallest absolute Gasteiger partial charge is 0.101 e. The number of hydrogen-bond acceptors (Lipinski definition) is 7. The zero-order valence-electron chi connectivity index (χ0n) is 19.5. The van der Waals surface area contributed by atoms with Crippen LogP contribution >= 0.6 is 0 Å². The Morgan fingerprint density at radius 1 is 1.12 bits per heavy atom. The summed E-state index contributed by atoms with van der Waals surface area (Å²) in [6.07, 6.45) is 1.77. The maximum Gasteiger partial charge on any atom is 0.101 e. The minimum Gasteiger partial charge on any atom is -0.378 e. The van der Waals surface area contributed by atoms with Gasteiger partial charge in [-0.05, 0) is 54.4 Å². The summed E-state index contributed by atoms with van der Waals surface area (Å²) in [7, 11) is 0. The highest BCUT2D eigenvalue weighted by Crippen LogP contribution is 2.42. The van der Waals surface area contributed by atoms with Gasteiger partial charge in [0.25, 0.3) is 0 Å². The van der Waals surface area contributed by atoms with Crippen LogP contribution in [0.4, 0.5) is 11.4 Å². The third-order valence-electron chi connectivity index (χ3n) is 7.55. The molecule has 3 aliphatic rings. The molecule has 0 amide bonds. The summed E-state index contributed by atoms with van der Waals surface area (Å²) in [6, 6.07) is 18.1. The summed E-state index contributed by atoms with van der Waals surface area (Å²) in [5, 5.41) is 10.6. The summed E-state index contributed by atoms with van der Waals surface area (Å²) >= 11 is 0. The lowest BCUT2D eigenvalue weighted by Gasteiger charge is -2.43. The summed E-state index contributed by atoms with van der Waals surface area (Å²) < 4.78 is 5.64. The van der Waals surface area contributed by atoms with E-state index in [1.807, 2.05) is 12.1 Å². The first-order valence-electron chi connectivity index (χ1n) is 12.1. The topological polar surface area (TPSA) is 81.6 Å². The SMILES string of the molecule is C[C@@H]1CN(c2ccc(C#N)c3ncccc23)C[C@@H]2c3ccc(N4CCOCC(N)C4)cc3CN12. The molecule has 2 saturated heterocycles. The van der Waals surface area contributed by atoms with Gasteiger partial charge in [0.1, 0.15) is 6.07 Å². The molecular weight excluding hydrogens is 424 g/mol. The molecule has 2 aromatic carbocycles. The van der Waals surface area contributed by atoms with Crippen LogP contribution in [0.3, 0.4) is 0 Å². The number of hydrogen-bond donors (Lipinski definition) is 1. The Labute approximate surface area is 200 Å². The van der Waals surface area contributed by atoms with Crippen molar-refractivity contribution in [1.29, 1.82) is 5.26 Å². The van der Waals surface area contributed by atoms with E-state index in [1.165, 1.54) is 16.8 Å². The van der Waals surface area contributed by atoms with E-state index in [1.54, 1.807) is 6.20 Å². The molecule has 0 saturated carbocycles. The van der Waals surface area contributed by atoms with Crippen LogP contribution in [-0.2, 0) is 11.3 Å². The van der Waals surface area contributed by atoms with Gasteiger partial charge in [0.15, 0.2) is 0 Å². The molecule has 6 rings (SSSR count). The highest BCUT2D eigenvalue weighted by Gasteiger charge is 2.39. The second-order valence-electron chi connectivity index (χ2n) is 9.75. The minimum atomic E-state index is 0.0485. The Morgan fingerprint density at radius 2 is 2.03 bits per heavy atom. The summed E-state index contributed by atoms with van der Waals surface area (Å²) in [5.74, 6) is 0. The Bertz CT molecular complexity index is 1270. The van der Waals surface area contributed by atoms with E-state index < -0.39 is 0 Å². The number of pyridine rings is 1. The highest BCUT2D eigenvalue weighted by atomic mass is 16.5. The van der Waals surface area contributed by atoms with Crippen molar-refractivity contribution < 1.29 is 4.74 Å². The first-order valence-corrected chi connectivity index (χ1v) is 12.1. The Morgan fingerprint density at radius 3 is 2.91 bits per heavy atom. The fourth-order valence-electron chi connectivity index (χ4n) is 5.90. The maximum absolute atomic E-state index is 9.53. The quantitative estimate of drug-likeness (QED) is 0.637. The van der Waals surface area contributed by atoms with Crippen LogP contribution in [0.1, 0.15) is 29.7 Å². The van der Waals surface area contributed by atoms with Gasteiger partial charge in [0, 0.05) is 67.8 Å². The largest absolute Gasteiger partial charge is 0.378 e. The molecule has 4 heterocycles. The molecule has 0 spiro atoms. The van der Waals surface area contributed by atoms with Crippen LogP contribution in [0.5, 0.6) is 0 Å². The van der Waals surface area contributed by atoms with Gasteiger partial charge < -0.3 is 20.3 Å². The molecule has 34 heavy (non-hydrogen) atoms. The molecule has 0 aliphatic carbocycles. The van der Waals surface area contributed by atoms with Crippen molar-refractivity contribution in [1.82, 2.24) is 9.88 Å². The molecule has 3 aliphatic heterocycles. The number of piperazine rings is 1. The fourth-order valence-corrected chi connectivity index (χ4v) is 5.90. The first kappa shape index (κ1) is 21.4. The molecule has 3 atom stereocenters. The van der Waals surface area contributed by atoms with Crippen LogP contribution < -0.4 is 15.5 Å². The fraction of sp³-hybridized carbons (Fsp3) is 0.407. The van der Waals surface area contributed by atoms with Crippen molar-refractivity contribution in [2.24, 2.45) is 5.73 Å². The zero-order chi connectivity index (χ0) is 23.2. The monoisotopic (exact) mass is 454 g/mol. The molecule has 0 bridgehead atoms. The predicted octanol–water partition coefficient (Wildman–Crippen LogP) is 3.04. The molecule has 2 fully saturated rings. The number of rotatable bonds is 2. The predicted molar refractivity (Wildman–Crippen MR) is 134 cm³/mol. The number of benzene rings is 2. The van der Waals surface area contributed by atoms with Gasteiger partial charge in [-0.2, -0.15) is 5.26 Å². The van der Waals surface area contributed by atoms with Crippen LogP contribution in [0, 0.1) is 11.3 Å². The number of anilines is 2. The molecule has 0 radical (unpaired) electrons. The minimum absolute atomic E-state index is 0.0485. The summed E-state index contributed by atoms with van der Waals surface area (Å²) in [6.45, 7) is 8.24. The van der Waals surface area contributed by atoms with E-state index in [-0.39, 0.29) is 6.04 Å². The van der Waals surface area contributed by atoms with Crippen molar-refractivity contribution in [2.75, 3.05) is 49.2 Å². The molecule has 3 aromatic rings. The van der Waals surface area contributed by atoms with E-state index in [4.69, 9.17) is 10.5 Å². The normalized spacial score (nSPS) is 25.0. The van der Waals surface area contributed by atoms with Gasteiger partial charge in [-0.15, -0.1) is 0 Å². The van der Waals surface area contributed by atoms with Crippen molar-refractivity contribution in [2.45, 2.75) is 31.6 Å². The van der Waals surface area contributed by atoms with Gasteiger partial charge in [0.2, 0.25) is 0 Å². The lowest BCUT2D eigenvalue weighted by atomic mass is 9.99. The molecule has 1 unspecified atom stereocenters. The molecule has 7 nitrogen and oxygen atoms in total. The average Bonchev–Trinajstić information content (AvgIpc) is 3.09. The Balaban J connectivity index is 1.31. The molecule has 174 valence electrons. The number of fused-ring (bicyclic) bond motifs is 4. The van der Waals surface area contributed by atoms with Crippen LogP contribution in [0.2, 0.25) is 0 Å². The van der Waals surface area contributed by atoms with E-state index in [0.29, 0.717) is 24.3 Å². The van der Waals surface area contributed by atoms with E-state index in [2.05, 4.69) is 63.0 Å². The van der Waals surface area contributed by atoms with Crippen molar-refractivity contribution in [3.63, 3.8) is 0 Å². The molecule has 1 aromatic heterocycles. The summed E-state index contributed by atoms with van der Waals surface area (Å²) in [5.41, 5.74) is 12.9. The van der Waals surface area contributed by atoms with Gasteiger partial charge in [-0.25, -0.2) is 0 Å². The molecule has 7 heteroatoms. The third kappa shape index (κ3) is 3.59. The number of aromatic nitrogens is 1. The average molecular weight is 455 g/mol. The number of nitrogens with zero attached hydrogens (tertiary/aromatic N) is 5. The van der Waals surface area contributed by atoms with Gasteiger partial charge >= 0.3 is 0 Å². The highest BCUT2D eigenvalue weighted by molar-refractivity contribution is 5.95. The Kier molecular flexibility index (Phi) is 5.37. The first-order chi connectivity index (χ1) is 16.6. The van der Waals surface area contributed by atoms with Crippen molar-refractivity contribution >= 4 is 22.3 Å². The van der Waals surface area contributed by atoms with Gasteiger partial charge in [-0.1, -0.05) is 6.07 Å². The summed E-state index contributed by atoms with van der Waals surface area (Å²) in [4.78, 5) is 12.0. The number of nitriles is 1. The lowest BCUT2D eigenvalue weighted by molar-refractivity contribution is 0.134. The lowest BCUT2D eigenvalue weighted by Crippen LogP contribution is -2.51. The van der Waals surface area contributed by atoms with Crippen LogP contribution in [0.15, 0.2) is 48.7 Å². The third-order valence-corrected chi connectivity index (χ3v) is 7.55. The van der Waals surface area contributed by atoms with E-state index in [0.717, 1.165) is 55.9 Å². The molecule has 2 N–H and O–H groups in total. The maximum atomic E-state index is 9.53. The van der Waals surface area contributed by atoms with Gasteiger partial charge in [0.05, 0.1) is 30.3 Å². The second kappa shape index (κ2) is 8.55. The number of ether oxygens (including phenoxy) is 1. The van der Waals surface area contributed by atoms with Crippen molar-refractivity contribution in [3.8, 4) is 6.07 Å². The van der Waals surface area contributed by atoms with Crippen LogP contribution in [-0.4, -0.2) is 61.4 Å². The molecular formula is C27H30N6O. The van der Waals surface area contributed by atoms with Crippen molar-refractivity contribution in [3.05, 3.63) is 65.4 Å². The van der Waals surface area contributed by atoms with Crippen LogP contribution in [0.25, 0.3) is 10.9 Å². The zero-order valence-corrected chi connectivity index (χ0v) is 19.5. The second-order valence-corrected chi connectivity index (χ2v) is 9.75. The van der Waals surface area contributed by atoms with Gasteiger partial charge in [-0.3, -0.25) is 9.88 Å². The standard InChI is InChI=1S/C27H30N6O/c1-18-13-32(25-7-4-19(12-28)27-24(25)3-2-8-30-27)16-26-23-6-5-22(11-20(23)14-33(18)26)31-9-10-34-17-21(29)15-31/h2-8,11,18,21,26H,9-10,13-17,29H2,1H3/t18-,21?,26-/m1/s1. The van der Waals surface area contributed by atoms with E-state index in [9.17, 15) is 5.26 Å². The number of nitrogens with two attached hydrogens (primary N) is 1. The van der Waals surface area contributed by atoms with E-state index >= 15 is 0 Å².